The molecule has 0 unspecified atom stereocenters. The van der Waals surface area contributed by atoms with E-state index in [1.807, 2.05) is 0 Å². The zero-order chi connectivity index (χ0) is 18.5. The van der Waals surface area contributed by atoms with Gasteiger partial charge in [-0.25, -0.2) is 4.98 Å². The smallest absolute Gasteiger partial charge is 0.320 e. The molecule has 0 spiro atoms. The molecule has 3 rings (SSSR count). The Balaban J connectivity index is 2.53. The monoisotopic (exact) mass is 346 g/mol. The van der Waals surface area contributed by atoms with Gasteiger partial charge in [0.05, 0.1) is 22.3 Å². The van der Waals surface area contributed by atoms with Crippen LogP contribution in [0.15, 0.2) is 24.5 Å². The van der Waals surface area contributed by atoms with Crippen molar-refractivity contribution in [3.8, 4) is 16.9 Å². The summed E-state index contributed by atoms with van der Waals surface area (Å²) in [4.78, 5) is 15.8. The number of imidazole rings is 1. The number of nitrogens with zero attached hydrogens (tertiary/aromatic N) is 2. The van der Waals surface area contributed by atoms with Crippen LogP contribution in [0.2, 0.25) is 0 Å². The van der Waals surface area contributed by atoms with E-state index in [9.17, 15) is 18.7 Å². The second kappa shape index (κ2) is 5.73. The normalized spacial score (nSPS) is 11.4. The lowest BCUT2D eigenvalue weighted by atomic mass is 9.91. The maximum atomic E-state index is 13.3. The Kier molecular flexibility index (Phi) is 3.82. The lowest BCUT2D eigenvalue weighted by molar-refractivity contribution is 0.0745. The Morgan fingerprint density at radius 1 is 1.28 bits per heavy atom. The quantitative estimate of drug-likeness (QED) is 0.633. The van der Waals surface area contributed by atoms with Crippen LogP contribution in [0.5, 0.6) is 5.75 Å². The number of aromatic hydroxyl groups is 1. The molecule has 0 saturated heterocycles. The van der Waals surface area contributed by atoms with Gasteiger partial charge < -0.3 is 16.6 Å². The number of aromatic nitrogens is 2. The number of halogens is 2. The van der Waals surface area contributed by atoms with E-state index >= 15 is 0 Å². The molecule has 1 aromatic heterocycles. The van der Waals surface area contributed by atoms with Crippen LogP contribution >= 0.6 is 0 Å². The number of amides is 1. The lowest BCUT2D eigenvalue weighted by Crippen LogP contribution is -2.15. The van der Waals surface area contributed by atoms with E-state index in [2.05, 4.69) is 4.98 Å². The first-order valence-corrected chi connectivity index (χ1v) is 7.40. The SMILES string of the molecule is Cc1ccc(O)c(C)c1-c1c(N)c(C(N)=O)cc2c1ncn2C(F)F. The number of fused-ring (bicyclic) bond motifs is 1. The van der Waals surface area contributed by atoms with Crippen molar-refractivity contribution in [1.29, 1.82) is 0 Å². The molecule has 1 heterocycles. The Morgan fingerprint density at radius 3 is 2.56 bits per heavy atom. The number of primary amides is 1. The first kappa shape index (κ1) is 16.7. The molecular weight excluding hydrogens is 330 g/mol. The fraction of sp³-hybridized carbons (Fsp3) is 0.176. The molecule has 0 fully saturated rings. The summed E-state index contributed by atoms with van der Waals surface area (Å²) < 4.78 is 27.1. The number of alkyl halides is 2. The molecule has 2 aromatic carbocycles. The number of aryl methyl sites for hydroxylation is 1. The highest BCUT2D eigenvalue weighted by atomic mass is 19.3. The Hall–Kier alpha value is -3.16. The summed E-state index contributed by atoms with van der Waals surface area (Å²) in [6.45, 7) is 0.617. The van der Waals surface area contributed by atoms with Crippen molar-refractivity contribution in [1.82, 2.24) is 9.55 Å². The van der Waals surface area contributed by atoms with Crippen molar-refractivity contribution in [2.45, 2.75) is 20.4 Å². The molecule has 5 N–H and O–H groups in total. The minimum absolute atomic E-state index is 0.0194. The number of nitrogen functional groups attached to an aromatic ring is 1. The second-order valence-electron chi connectivity index (χ2n) is 5.78. The fourth-order valence-electron chi connectivity index (χ4n) is 3.02. The van der Waals surface area contributed by atoms with Gasteiger partial charge in [-0.3, -0.25) is 9.36 Å². The standard InChI is InChI=1S/C17H16F2N4O2/c1-7-3-4-11(24)8(2)12(7)13-14(20)9(16(21)25)5-10-15(13)22-6-23(10)17(18)19/h3-6,17,24H,20H2,1-2H3,(H2,21,25). The van der Waals surface area contributed by atoms with Gasteiger partial charge in [0.25, 0.3) is 5.91 Å². The van der Waals surface area contributed by atoms with E-state index in [1.165, 1.54) is 12.1 Å². The van der Waals surface area contributed by atoms with Gasteiger partial charge in [0, 0.05) is 5.56 Å². The summed E-state index contributed by atoms with van der Waals surface area (Å²) in [7, 11) is 0. The summed E-state index contributed by atoms with van der Waals surface area (Å²) in [6, 6.07) is 4.41. The second-order valence-corrected chi connectivity index (χ2v) is 5.78. The number of rotatable bonds is 3. The Morgan fingerprint density at radius 2 is 1.96 bits per heavy atom. The summed E-state index contributed by atoms with van der Waals surface area (Å²) >= 11 is 0. The predicted molar refractivity (Wildman–Crippen MR) is 90.5 cm³/mol. The van der Waals surface area contributed by atoms with Crippen LogP contribution in [0.4, 0.5) is 14.5 Å². The van der Waals surface area contributed by atoms with Crippen LogP contribution in [-0.4, -0.2) is 20.6 Å². The van der Waals surface area contributed by atoms with Crippen molar-refractivity contribution >= 4 is 22.6 Å². The number of phenols is 1. The van der Waals surface area contributed by atoms with E-state index in [0.717, 1.165) is 11.9 Å². The zero-order valence-corrected chi connectivity index (χ0v) is 13.5. The average molecular weight is 346 g/mol. The minimum Gasteiger partial charge on any atom is -0.508 e. The zero-order valence-electron chi connectivity index (χ0n) is 13.5. The lowest BCUT2D eigenvalue weighted by Gasteiger charge is -2.16. The molecule has 0 aliphatic rings. The predicted octanol–water partition coefficient (Wildman–Crippen LogP) is 3.10. The van der Waals surface area contributed by atoms with Gasteiger partial charge in [0.1, 0.15) is 12.1 Å². The van der Waals surface area contributed by atoms with Crippen molar-refractivity contribution in [3.63, 3.8) is 0 Å². The van der Waals surface area contributed by atoms with E-state index in [1.54, 1.807) is 19.9 Å². The molecule has 0 aliphatic heterocycles. The largest absolute Gasteiger partial charge is 0.508 e. The first-order chi connectivity index (χ1) is 11.7. The molecule has 0 bridgehead atoms. The molecule has 0 aliphatic carbocycles. The fourth-order valence-corrected chi connectivity index (χ4v) is 3.02. The van der Waals surface area contributed by atoms with Crippen molar-refractivity contribution in [3.05, 3.63) is 41.2 Å². The summed E-state index contributed by atoms with van der Waals surface area (Å²) in [5.74, 6) is -0.816. The maximum Gasteiger partial charge on any atom is 0.320 e. The summed E-state index contributed by atoms with van der Waals surface area (Å²) in [5.41, 5.74) is 13.8. The Bertz CT molecular complexity index is 1010. The molecular formula is C17H16F2N4O2. The van der Waals surface area contributed by atoms with Crippen LogP contribution in [0.1, 0.15) is 28.0 Å². The molecule has 0 radical (unpaired) electrons. The molecule has 130 valence electrons. The minimum atomic E-state index is -2.84. The number of anilines is 1. The average Bonchev–Trinajstić information content (AvgIpc) is 2.96. The third-order valence-corrected chi connectivity index (χ3v) is 4.28. The van der Waals surface area contributed by atoms with Crippen LogP contribution < -0.4 is 11.5 Å². The van der Waals surface area contributed by atoms with Gasteiger partial charge in [0.2, 0.25) is 0 Å². The van der Waals surface area contributed by atoms with E-state index in [0.29, 0.717) is 21.3 Å². The van der Waals surface area contributed by atoms with E-state index in [4.69, 9.17) is 11.5 Å². The molecule has 0 atom stereocenters. The number of carbonyl (C=O) groups is 1. The Labute approximate surface area is 141 Å². The number of nitrogens with two attached hydrogens (primary N) is 2. The highest BCUT2D eigenvalue weighted by Gasteiger charge is 2.24. The van der Waals surface area contributed by atoms with Gasteiger partial charge in [-0.15, -0.1) is 0 Å². The summed E-state index contributed by atoms with van der Waals surface area (Å²) in [5, 5.41) is 10.0. The number of phenolic OH excluding ortho intramolecular Hbond substituents is 1. The van der Waals surface area contributed by atoms with Crippen molar-refractivity contribution in [2.24, 2.45) is 5.73 Å². The van der Waals surface area contributed by atoms with Crippen molar-refractivity contribution in [2.75, 3.05) is 5.73 Å². The van der Waals surface area contributed by atoms with Gasteiger partial charge in [-0.1, -0.05) is 6.07 Å². The number of hydrogen-bond acceptors (Lipinski definition) is 4. The molecule has 8 heteroatoms. The molecule has 3 aromatic rings. The highest BCUT2D eigenvalue weighted by molar-refractivity contribution is 6.10. The molecule has 6 nitrogen and oxygen atoms in total. The van der Waals surface area contributed by atoms with Gasteiger partial charge in [-0.05, 0) is 42.7 Å². The van der Waals surface area contributed by atoms with Crippen LogP contribution in [0, 0.1) is 13.8 Å². The highest BCUT2D eigenvalue weighted by Crippen LogP contribution is 2.41. The van der Waals surface area contributed by atoms with Gasteiger partial charge in [0.15, 0.2) is 0 Å². The summed E-state index contributed by atoms with van der Waals surface area (Å²) in [6.07, 6.45) is 0.983. The molecule has 1 amide bonds. The topological polar surface area (TPSA) is 107 Å². The number of carbonyl (C=O) groups excluding carboxylic acids is 1. The third-order valence-electron chi connectivity index (χ3n) is 4.28. The number of hydrogen-bond donors (Lipinski definition) is 3. The van der Waals surface area contributed by atoms with Gasteiger partial charge >= 0.3 is 6.55 Å². The van der Waals surface area contributed by atoms with E-state index in [-0.39, 0.29) is 28.0 Å². The maximum absolute atomic E-state index is 13.3. The van der Waals surface area contributed by atoms with Gasteiger partial charge in [-0.2, -0.15) is 8.78 Å². The van der Waals surface area contributed by atoms with Crippen LogP contribution in [0.25, 0.3) is 22.2 Å². The van der Waals surface area contributed by atoms with E-state index < -0.39 is 12.5 Å². The van der Waals surface area contributed by atoms with Crippen LogP contribution in [0.3, 0.4) is 0 Å². The number of benzene rings is 2. The van der Waals surface area contributed by atoms with Crippen LogP contribution in [-0.2, 0) is 0 Å². The first-order valence-electron chi connectivity index (χ1n) is 7.40. The molecule has 0 saturated carbocycles. The third kappa shape index (κ3) is 2.46. The molecule has 25 heavy (non-hydrogen) atoms. The van der Waals surface area contributed by atoms with Crippen molar-refractivity contribution < 1.29 is 18.7 Å².